The summed E-state index contributed by atoms with van der Waals surface area (Å²) in [5, 5.41) is 9.83. The fourth-order valence-corrected chi connectivity index (χ4v) is 3.49. The van der Waals surface area contributed by atoms with E-state index in [0.29, 0.717) is 16.8 Å². The zero-order valence-corrected chi connectivity index (χ0v) is 12.4. The molecule has 3 heterocycles. The lowest BCUT2D eigenvalue weighted by Crippen LogP contribution is -2.41. The smallest absolute Gasteiger partial charge is 0.140 e. The Hall–Kier alpha value is -0.910. The summed E-state index contributed by atoms with van der Waals surface area (Å²) in [4.78, 5) is 13.1. The van der Waals surface area contributed by atoms with Crippen molar-refractivity contribution in [1.29, 1.82) is 0 Å². The van der Waals surface area contributed by atoms with E-state index in [0.717, 1.165) is 25.3 Å². The van der Waals surface area contributed by atoms with Gasteiger partial charge in [-0.15, -0.1) is 0 Å². The minimum atomic E-state index is -0.111. The SMILES string of the molecule is OCc1c(Cl)ncnc1N1CCC(N2CCCCC2)C1. The maximum atomic E-state index is 9.47. The van der Waals surface area contributed by atoms with Crippen LogP contribution in [0, 0.1) is 0 Å². The van der Waals surface area contributed by atoms with Crippen LogP contribution < -0.4 is 4.90 Å². The lowest BCUT2D eigenvalue weighted by molar-refractivity contribution is 0.174. The van der Waals surface area contributed by atoms with Crippen molar-refractivity contribution in [2.24, 2.45) is 0 Å². The molecule has 0 spiro atoms. The molecule has 0 saturated carbocycles. The molecule has 0 amide bonds. The van der Waals surface area contributed by atoms with E-state index < -0.39 is 0 Å². The van der Waals surface area contributed by atoms with E-state index in [1.165, 1.54) is 38.7 Å². The molecule has 6 heteroatoms. The fraction of sp³-hybridized carbons (Fsp3) is 0.714. The third kappa shape index (κ3) is 2.75. The third-order valence-corrected chi connectivity index (χ3v) is 4.72. The number of aromatic nitrogens is 2. The molecule has 2 fully saturated rings. The van der Waals surface area contributed by atoms with Crippen molar-refractivity contribution in [3.8, 4) is 0 Å². The van der Waals surface area contributed by atoms with E-state index in [4.69, 9.17) is 11.6 Å². The largest absolute Gasteiger partial charge is 0.391 e. The number of anilines is 1. The van der Waals surface area contributed by atoms with Gasteiger partial charge in [-0.3, -0.25) is 4.90 Å². The van der Waals surface area contributed by atoms with Crippen molar-refractivity contribution in [1.82, 2.24) is 14.9 Å². The van der Waals surface area contributed by atoms with Gasteiger partial charge in [0.25, 0.3) is 0 Å². The molecule has 2 aliphatic heterocycles. The van der Waals surface area contributed by atoms with E-state index in [2.05, 4.69) is 19.8 Å². The van der Waals surface area contributed by atoms with Crippen LogP contribution in [0.3, 0.4) is 0 Å². The quantitative estimate of drug-likeness (QED) is 0.860. The maximum absolute atomic E-state index is 9.47. The van der Waals surface area contributed by atoms with Crippen LogP contribution in [0.1, 0.15) is 31.2 Å². The number of hydrogen-bond donors (Lipinski definition) is 1. The van der Waals surface area contributed by atoms with Gasteiger partial charge in [-0.1, -0.05) is 18.0 Å². The second kappa shape index (κ2) is 6.24. The molecule has 5 nitrogen and oxygen atoms in total. The molecule has 1 unspecified atom stereocenters. The maximum Gasteiger partial charge on any atom is 0.140 e. The van der Waals surface area contributed by atoms with Gasteiger partial charge in [-0.2, -0.15) is 0 Å². The van der Waals surface area contributed by atoms with Crippen LogP contribution in [0.5, 0.6) is 0 Å². The number of likely N-dealkylation sites (tertiary alicyclic amines) is 1. The van der Waals surface area contributed by atoms with Crippen LogP contribution in [0.2, 0.25) is 5.15 Å². The van der Waals surface area contributed by atoms with Gasteiger partial charge in [0.05, 0.1) is 12.2 Å². The zero-order valence-electron chi connectivity index (χ0n) is 11.6. The first kappa shape index (κ1) is 14.0. The second-order valence-corrected chi connectivity index (χ2v) is 5.97. The first-order valence-electron chi connectivity index (χ1n) is 7.39. The molecule has 0 bridgehead atoms. The molecule has 1 aromatic heterocycles. The van der Waals surface area contributed by atoms with Crippen molar-refractivity contribution >= 4 is 17.4 Å². The monoisotopic (exact) mass is 296 g/mol. The Morgan fingerprint density at radius 3 is 2.75 bits per heavy atom. The van der Waals surface area contributed by atoms with Crippen molar-refractivity contribution in [2.45, 2.75) is 38.3 Å². The Bertz CT molecular complexity index is 464. The molecular weight excluding hydrogens is 276 g/mol. The Labute approximate surface area is 124 Å². The summed E-state index contributed by atoms with van der Waals surface area (Å²) in [5.74, 6) is 0.798. The van der Waals surface area contributed by atoms with Crippen LogP contribution in [-0.4, -0.2) is 52.2 Å². The first-order chi connectivity index (χ1) is 9.79. The zero-order chi connectivity index (χ0) is 13.9. The highest BCUT2D eigenvalue weighted by molar-refractivity contribution is 6.30. The predicted molar refractivity (Wildman–Crippen MR) is 79.0 cm³/mol. The van der Waals surface area contributed by atoms with Crippen LogP contribution in [0.15, 0.2) is 6.33 Å². The van der Waals surface area contributed by atoms with Gasteiger partial charge in [0.2, 0.25) is 0 Å². The highest BCUT2D eigenvalue weighted by atomic mass is 35.5. The summed E-state index contributed by atoms with van der Waals surface area (Å²) < 4.78 is 0. The molecule has 2 aliphatic rings. The Morgan fingerprint density at radius 2 is 2.00 bits per heavy atom. The normalized spacial score (nSPS) is 24.3. The number of aliphatic hydroxyl groups excluding tert-OH is 1. The molecule has 0 radical (unpaired) electrons. The van der Waals surface area contributed by atoms with Crippen molar-refractivity contribution in [2.75, 3.05) is 31.1 Å². The molecule has 0 aromatic carbocycles. The van der Waals surface area contributed by atoms with Crippen molar-refractivity contribution in [3.63, 3.8) is 0 Å². The van der Waals surface area contributed by atoms with Gasteiger partial charge < -0.3 is 10.0 Å². The van der Waals surface area contributed by atoms with Crippen LogP contribution >= 0.6 is 11.6 Å². The second-order valence-electron chi connectivity index (χ2n) is 5.61. The molecule has 20 heavy (non-hydrogen) atoms. The number of halogens is 1. The molecule has 3 rings (SSSR count). The first-order valence-corrected chi connectivity index (χ1v) is 7.76. The van der Waals surface area contributed by atoms with E-state index >= 15 is 0 Å². The predicted octanol–water partition coefficient (Wildman–Crippen LogP) is 1.69. The van der Waals surface area contributed by atoms with E-state index in [-0.39, 0.29) is 6.61 Å². The average Bonchev–Trinajstić information content (AvgIpc) is 2.97. The molecule has 0 aliphatic carbocycles. The van der Waals surface area contributed by atoms with Gasteiger partial charge in [0, 0.05) is 19.1 Å². The molecule has 110 valence electrons. The number of piperidine rings is 1. The van der Waals surface area contributed by atoms with Crippen LogP contribution in [0.4, 0.5) is 5.82 Å². The highest BCUT2D eigenvalue weighted by Crippen LogP contribution is 2.28. The number of rotatable bonds is 3. The molecule has 1 N–H and O–H groups in total. The minimum Gasteiger partial charge on any atom is -0.391 e. The summed E-state index contributed by atoms with van der Waals surface area (Å²) in [6.45, 7) is 4.27. The van der Waals surface area contributed by atoms with Gasteiger partial charge in [-0.25, -0.2) is 9.97 Å². The lowest BCUT2D eigenvalue weighted by atomic mass is 10.1. The third-order valence-electron chi connectivity index (χ3n) is 4.40. The highest BCUT2D eigenvalue weighted by Gasteiger charge is 2.30. The van der Waals surface area contributed by atoms with Crippen LogP contribution in [0.25, 0.3) is 0 Å². The van der Waals surface area contributed by atoms with Gasteiger partial charge >= 0.3 is 0 Å². The summed E-state index contributed by atoms with van der Waals surface area (Å²) in [7, 11) is 0. The van der Waals surface area contributed by atoms with E-state index in [1.54, 1.807) is 0 Å². The van der Waals surface area contributed by atoms with E-state index in [9.17, 15) is 5.11 Å². The Kier molecular flexibility index (Phi) is 4.38. The average molecular weight is 297 g/mol. The molecular formula is C14H21ClN4O. The Morgan fingerprint density at radius 1 is 1.20 bits per heavy atom. The molecule has 1 aromatic rings. The Balaban J connectivity index is 1.72. The summed E-state index contributed by atoms with van der Waals surface area (Å²) in [6, 6.07) is 0.607. The van der Waals surface area contributed by atoms with Gasteiger partial charge in [-0.05, 0) is 32.4 Å². The van der Waals surface area contributed by atoms with Crippen molar-refractivity contribution in [3.05, 3.63) is 17.0 Å². The number of aliphatic hydroxyl groups is 1. The summed E-state index contributed by atoms with van der Waals surface area (Å²) in [5.41, 5.74) is 0.647. The van der Waals surface area contributed by atoms with Gasteiger partial charge in [0.1, 0.15) is 17.3 Å². The van der Waals surface area contributed by atoms with E-state index in [1.807, 2.05) is 0 Å². The lowest BCUT2D eigenvalue weighted by Gasteiger charge is -2.32. The number of nitrogens with zero attached hydrogens (tertiary/aromatic N) is 4. The minimum absolute atomic E-state index is 0.111. The molecule has 1 atom stereocenters. The summed E-state index contributed by atoms with van der Waals surface area (Å²) >= 11 is 6.04. The number of hydrogen-bond acceptors (Lipinski definition) is 5. The standard InChI is InChI=1S/C14H21ClN4O/c15-13-12(9-20)14(17-10-16-13)19-7-4-11(8-19)18-5-2-1-3-6-18/h10-11,20H,1-9H2. The van der Waals surface area contributed by atoms with Gasteiger partial charge in [0.15, 0.2) is 0 Å². The van der Waals surface area contributed by atoms with Crippen molar-refractivity contribution < 1.29 is 5.11 Å². The fourth-order valence-electron chi connectivity index (χ4n) is 3.31. The summed E-state index contributed by atoms with van der Waals surface area (Å²) in [6.07, 6.45) is 6.64. The topological polar surface area (TPSA) is 52.5 Å². The van der Waals surface area contributed by atoms with Crippen LogP contribution in [-0.2, 0) is 6.61 Å². The molecule has 2 saturated heterocycles.